The zero-order valence-electron chi connectivity index (χ0n) is 9.84. The molecule has 1 aromatic carbocycles. The highest BCUT2D eigenvalue weighted by atomic mass is 16.5. The minimum Gasteiger partial charge on any atom is -0.497 e. The highest BCUT2D eigenvalue weighted by molar-refractivity contribution is 5.28. The molecule has 0 amide bonds. The molecule has 17 heavy (non-hydrogen) atoms. The molecule has 0 spiro atoms. The van der Waals surface area contributed by atoms with Gasteiger partial charge in [0.15, 0.2) is 0 Å². The van der Waals surface area contributed by atoms with Crippen molar-refractivity contribution in [3.63, 3.8) is 0 Å². The van der Waals surface area contributed by atoms with Crippen LogP contribution in [0.4, 0.5) is 0 Å². The van der Waals surface area contributed by atoms with Gasteiger partial charge in [-0.05, 0) is 41.8 Å². The third-order valence-corrected chi connectivity index (χ3v) is 2.75. The van der Waals surface area contributed by atoms with E-state index >= 15 is 0 Å². The molecule has 0 aliphatic rings. The fourth-order valence-electron chi connectivity index (χ4n) is 1.74. The van der Waals surface area contributed by atoms with Gasteiger partial charge in [0.1, 0.15) is 5.75 Å². The Hall–Kier alpha value is -1.87. The average molecular weight is 228 g/mol. The lowest BCUT2D eigenvalue weighted by Gasteiger charge is -2.12. The number of aromatic nitrogens is 1. The van der Waals surface area contributed by atoms with Crippen molar-refractivity contribution in [2.75, 3.05) is 7.11 Å². The van der Waals surface area contributed by atoms with Crippen molar-refractivity contribution < 1.29 is 4.74 Å². The van der Waals surface area contributed by atoms with Gasteiger partial charge in [-0.15, -0.1) is 0 Å². The third-order valence-electron chi connectivity index (χ3n) is 2.75. The van der Waals surface area contributed by atoms with E-state index in [0.717, 1.165) is 17.7 Å². The molecule has 2 N–H and O–H groups in total. The molecule has 2 rings (SSSR count). The lowest BCUT2D eigenvalue weighted by atomic mass is 10.0. The molecule has 3 heteroatoms. The fraction of sp³-hybridized carbons (Fsp3) is 0.214. The maximum atomic E-state index is 6.14. The van der Waals surface area contributed by atoms with Crippen molar-refractivity contribution in [3.8, 4) is 5.75 Å². The molecular weight excluding hydrogens is 212 g/mol. The van der Waals surface area contributed by atoms with Gasteiger partial charge in [-0.3, -0.25) is 4.98 Å². The van der Waals surface area contributed by atoms with E-state index in [1.165, 1.54) is 5.56 Å². The predicted octanol–water partition coefficient (Wildman–Crippen LogP) is 2.33. The Bertz CT molecular complexity index is 453. The summed E-state index contributed by atoms with van der Waals surface area (Å²) in [4.78, 5) is 3.99. The third kappa shape index (κ3) is 3.04. The molecule has 88 valence electrons. The van der Waals surface area contributed by atoms with Crippen LogP contribution in [-0.2, 0) is 6.42 Å². The van der Waals surface area contributed by atoms with E-state index in [0.29, 0.717) is 0 Å². The van der Waals surface area contributed by atoms with Crippen molar-refractivity contribution in [2.45, 2.75) is 12.5 Å². The first-order valence-corrected chi connectivity index (χ1v) is 5.58. The van der Waals surface area contributed by atoms with Gasteiger partial charge in [-0.2, -0.15) is 0 Å². The summed E-state index contributed by atoms with van der Waals surface area (Å²) in [5.41, 5.74) is 8.45. The Morgan fingerprint density at radius 2 is 1.76 bits per heavy atom. The first-order chi connectivity index (χ1) is 8.29. The topological polar surface area (TPSA) is 48.1 Å². The van der Waals surface area contributed by atoms with Gasteiger partial charge in [0.05, 0.1) is 7.11 Å². The SMILES string of the molecule is COc1ccc(CC(N)c2ccncc2)cc1. The molecule has 0 fully saturated rings. The monoisotopic (exact) mass is 228 g/mol. The molecule has 0 aliphatic carbocycles. The van der Waals surface area contributed by atoms with Crippen molar-refractivity contribution in [1.82, 2.24) is 4.98 Å². The van der Waals surface area contributed by atoms with Gasteiger partial charge in [0.2, 0.25) is 0 Å². The summed E-state index contributed by atoms with van der Waals surface area (Å²) in [6, 6.07) is 11.9. The Labute approximate surface area is 101 Å². The number of hydrogen-bond donors (Lipinski definition) is 1. The summed E-state index contributed by atoms with van der Waals surface area (Å²) in [6.07, 6.45) is 4.35. The summed E-state index contributed by atoms with van der Waals surface area (Å²) < 4.78 is 5.12. The van der Waals surface area contributed by atoms with Gasteiger partial charge >= 0.3 is 0 Å². The van der Waals surface area contributed by atoms with E-state index in [1.54, 1.807) is 19.5 Å². The molecule has 0 aliphatic heterocycles. The van der Waals surface area contributed by atoms with Crippen molar-refractivity contribution in [3.05, 3.63) is 59.9 Å². The number of ether oxygens (including phenoxy) is 1. The van der Waals surface area contributed by atoms with Gasteiger partial charge in [0, 0.05) is 18.4 Å². The largest absolute Gasteiger partial charge is 0.497 e. The molecule has 0 bridgehead atoms. The van der Waals surface area contributed by atoms with E-state index in [-0.39, 0.29) is 6.04 Å². The molecule has 0 saturated carbocycles. The molecule has 0 saturated heterocycles. The van der Waals surface area contributed by atoms with Gasteiger partial charge in [-0.25, -0.2) is 0 Å². The lowest BCUT2D eigenvalue weighted by molar-refractivity contribution is 0.414. The molecule has 1 heterocycles. The van der Waals surface area contributed by atoms with Crippen LogP contribution in [0.15, 0.2) is 48.8 Å². The van der Waals surface area contributed by atoms with Crippen LogP contribution in [0.2, 0.25) is 0 Å². The van der Waals surface area contributed by atoms with Gasteiger partial charge in [0.25, 0.3) is 0 Å². The summed E-state index contributed by atoms with van der Waals surface area (Å²) in [6.45, 7) is 0. The maximum Gasteiger partial charge on any atom is 0.118 e. The van der Waals surface area contributed by atoms with Crippen LogP contribution in [0.1, 0.15) is 17.2 Å². The quantitative estimate of drug-likeness (QED) is 0.873. The molecule has 1 atom stereocenters. The zero-order chi connectivity index (χ0) is 12.1. The first kappa shape index (κ1) is 11.6. The molecular formula is C14H16N2O. The number of hydrogen-bond acceptors (Lipinski definition) is 3. The van der Waals surface area contributed by atoms with E-state index in [2.05, 4.69) is 4.98 Å². The molecule has 2 aromatic rings. The second-order valence-corrected chi connectivity index (χ2v) is 3.94. The van der Waals surface area contributed by atoms with E-state index in [9.17, 15) is 0 Å². The second kappa shape index (κ2) is 5.46. The minimum atomic E-state index is 0.00592. The molecule has 1 aromatic heterocycles. The van der Waals surface area contributed by atoms with Crippen LogP contribution < -0.4 is 10.5 Å². The van der Waals surface area contributed by atoms with Crippen LogP contribution in [-0.4, -0.2) is 12.1 Å². The fourth-order valence-corrected chi connectivity index (χ4v) is 1.74. The van der Waals surface area contributed by atoms with Crippen LogP contribution in [0.5, 0.6) is 5.75 Å². The highest BCUT2D eigenvalue weighted by Gasteiger charge is 2.06. The first-order valence-electron chi connectivity index (χ1n) is 5.58. The second-order valence-electron chi connectivity index (χ2n) is 3.94. The molecule has 3 nitrogen and oxygen atoms in total. The Kier molecular flexibility index (Phi) is 3.73. The Morgan fingerprint density at radius 3 is 2.35 bits per heavy atom. The van der Waals surface area contributed by atoms with Crippen molar-refractivity contribution in [2.24, 2.45) is 5.73 Å². The Balaban J connectivity index is 2.05. The molecule has 1 unspecified atom stereocenters. The average Bonchev–Trinajstić information content (AvgIpc) is 2.40. The van der Waals surface area contributed by atoms with Crippen LogP contribution >= 0.6 is 0 Å². The summed E-state index contributed by atoms with van der Waals surface area (Å²) in [7, 11) is 1.66. The Morgan fingerprint density at radius 1 is 1.12 bits per heavy atom. The van der Waals surface area contributed by atoms with Crippen LogP contribution in [0.25, 0.3) is 0 Å². The number of benzene rings is 1. The number of methoxy groups -OCH3 is 1. The summed E-state index contributed by atoms with van der Waals surface area (Å²) in [5.74, 6) is 0.867. The summed E-state index contributed by atoms with van der Waals surface area (Å²) >= 11 is 0. The zero-order valence-corrected chi connectivity index (χ0v) is 9.84. The number of pyridine rings is 1. The highest BCUT2D eigenvalue weighted by Crippen LogP contribution is 2.17. The van der Waals surface area contributed by atoms with Crippen molar-refractivity contribution >= 4 is 0 Å². The predicted molar refractivity (Wildman–Crippen MR) is 67.9 cm³/mol. The minimum absolute atomic E-state index is 0.00592. The summed E-state index contributed by atoms with van der Waals surface area (Å²) in [5, 5.41) is 0. The standard InChI is InChI=1S/C14H16N2O/c1-17-13-4-2-11(3-5-13)10-14(15)12-6-8-16-9-7-12/h2-9,14H,10,15H2,1H3. The lowest BCUT2D eigenvalue weighted by Crippen LogP contribution is -2.13. The maximum absolute atomic E-state index is 6.14. The van der Waals surface area contributed by atoms with Gasteiger partial charge in [-0.1, -0.05) is 12.1 Å². The normalized spacial score (nSPS) is 12.1. The smallest absolute Gasteiger partial charge is 0.118 e. The number of nitrogens with zero attached hydrogens (tertiary/aromatic N) is 1. The van der Waals surface area contributed by atoms with E-state index < -0.39 is 0 Å². The van der Waals surface area contributed by atoms with Gasteiger partial charge < -0.3 is 10.5 Å². The van der Waals surface area contributed by atoms with Crippen molar-refractivity contribution in [1.29, 1.82) is 0 Å². The molecule has 0 radical (unpaired) electrons. The number of nitrogens with two attached hydrogens (primary N) is 1. The van der Waals surface area contributed by atoms with Crippen LogP contribution in [0, 0.1) is 0 Å². The number of rotatable bonds is 4. The van der Waals surface area contributed by atoms with E-state index in [1.807, 2.05) is 36.4 Å². The van der Waals surface area contributed by atoms with Crippen LogP contribution in [0.3, 0.4) is 0 Å². The van der Waals surface area contributed by atoms with E-state index in [4.69, 9.17) is 10.5 Å².